The van der Waals surface area contributed by atoms with Crippen LogP contribution in [0.3, 0.4) is 0 Å². The van der Waals surface area contributed by atoms with Gasteiger partial charge in [0.1, 0.15) is 0 Å². The highest BCUT2D eigenvalue weighted by Gasteiger charge is 2.18. The van der Waals surface area contributed by atoms with E-state index in [1.807, 2.05) is 44.2 Å². The fourth-order valence-electron chi connectivity index (χ4n) is 1.76. The molecule has 94 valence electrons. The van der Waals surface area contributed by atoms with Crippen LogP contribution in [0.15, 0.2) is 30.3 Å². The van der Waals surface area contributed by atoms with Crippen LogP contribution in [-0.4, -0.2) is 17.6 Å². The maximum absolute atomic E-state index is 11.8. The van der Waals surface area contributed by atoms with Crippen molar-refractivity contribution in [3.63, 3.8) is 0 Å². The normalized spacial score (nSPS) is 12.5. The highest BCUT2D eigenvalue weighted by Crippen LogP contribution is 2.11. The molecule has 0 aliphatic carbocycles. The third-order valence-corrected chi connectivity index (χ3v) is 2.66. The van der Waals surface area contributed by atoms with Crippen molar-refractivity contribution in [3.05, 3.63) is 35.9 Å². The molecule has 0 saturated heterocycles. The van der Waals surface area contributed by atoms with Crippen molar-refractivity contribution in [2.75, 3.05) is 6.61 Å². The number of benzene rings is 1. The van der Waals surface area contributed by atoms with Crippen molar-refractivity contribution in [1.82, 2.24) is 5.32 Å². The van der Waals surface area contributed by atoms with Gasteiger partial charge in [0.05, 0.1) is 12.5 Å². The summed E-state index contributed by atoms with van der Waals surface area (Å²) in [5.41, 5.74) is 1.07. The van der Waals surface area contributed by atoms with E-state index in [-0.39, 0.29) is 18.4 Å². The van der Waals surface area contributed by atoms with Gasteiger partial charge in [-0.3, -0.25) is 4.79 Å². The van der Waals surface area contributed by atoms with Crippen molar-refractivity contribution in [2.45, 2.75) is 26.8 Å². The zero-order valence-corrected chi connectivity index (χ0v) is 10.5. The van der Waals surface area contributed by atoms with Crippen LogP contribution in [0.1, 0.15) is 25.8 Å². The van der Waals surface area contributed by atoms with Gasteiger partial charge in [0, 0.05) is 6.54 Å². The van der Waals surface area contributed by atoms with Gasteiger partial charge in [0.2, 0.25) is 5.91 Å². The molecule has 0 spiro atoms. The molecule has 3 heteroatoms. The van der Waals surface area contributed by atoms with Gasteiger partial charge >= 0.3 is 0 Å². The maximum atomic E-state index is 11.8. The first-order valence-electron chi connectivity index (χ1n) is 6.06. The Morgan fingerprint density at radius 3 is 2.47 bits per heavy atom. The fourth-order valence-corrected chi connectivity index (χ4v) is 1.76. The second-order valence-electron chi connectivity index (χ2n) is 4.71. The van der Waals surface area contributed by atoms with E-state index in [1.165, 1.54) is 0 Å². The molecular formula is C14H21NO2. The molecule has 1 amide bonds. The summed E-state index contributed by atoms with van der Waals surface area (Å²) in [6.45, 7) is 4.54. The summed E-state index contributed by atoms with van der Waals surface area (Å²) in [5.74, 6) is 0.0541. The minimum absolute atomic E-state index is 0.0648. The molecule has 0 aromatic heterocycles. The summed E-state index contributed by atoms with van der Waals surface area (Å²) in [4.78, 5) is 11.8. The van der Waals surface area contributed by atoms with Crippen molar-refractivity contribution < 1.29 is 9.90 Å². The third kappa shape index (κ3) is 5.00. The van der Waals surface area contributed by atoms with E-state index in [0.29, 0.717) is 12.5 Å². The lowest BCUT2D eigenvalue weighted by atomic mass is 9.97. The topological polar surface area (TPSA) is 49.3 Å². The van der Waals surface area contributed by atoms with Crippen molar-refractivity contribution in [2.24, 2.45) is 11.8 Å². The lowest BCUT2D eigenvalue weighted by Gasteiger charge is -2.16. The molecule has 0 bridgehead atoms. The molecule has 17 heavy (non-hydrogen) atoms. The molecule has 0 fully saturated rings. The molecule has 1 rings (SSSR count). The summed E-state index contributed by atoms with van der Waals surface area (Å²) in [7, 11) is 0. The molecule has 2 N–H and O–H groups in total. The van der Waals surface area contributed by atoms with Crippen molar-refractivity contribution in [3.8, 4) is 0 Å². The first-order chi connectivity index (χ1) is 8.13. The summed E-state index contributed by atoms with van der Waals surface area (Å²) < 4.78 is 0. The molecule has 3 nitrogen and oxygen atoms in total. The molecule has 0 aliphatic heterocycles. The Kier molecular flexibility index (Phi) is 5.70. The Hall–Kier alpha value is -1.35. The number of carbonyl (C=O) groups excluding carboxylic acids is 1. The predicted molar refractivity (Wildman–Crippen MR) is 68.3 cm³/mol. The Balaban J connectivity index is 2.42. The lowest BCUT2D eigenvalue weighted by Crippen LogP contribution is -2.33. The van der Waals surface area contributed by atoms with Crippen molar-refractivity contribution >= 4 is 5.91 Å². The lowest BCUT2D eigenvalue weighted by molar-refractivity contribution is -0.126. The minimum Gasteiger partial charge on any atom is -0.396 e. The average molecular weight is 235 g/mol. The standard InChI is InChI=1S/C14H21NO2/c1-11(2)8-13(10-16)14(17)15-9-12-6-4-3-5-7-12/h3-7,11,13,16H,8-10H2,1-2H3,(H,15,17)/t13-/m1/s1. The quantitative estimate of drug-likeness (QED) is 0.792. The van der Waals surface area contributed by atoms with Crippen LogP contribution in [0.4, 0.5) is 0 Å². The summed E-state index contributed by atoms with van der Waals surface area (Å²) >= 11 is 0. The number of rotatable bonds is 6. The second-order valence-corrected chi connectivity index (χ2v) is 4.71. The second kappa shape index (κ2) is 7.07. The van der Waals surface area contributed by atoms with Gasteiger partial charge in [-0.2, -0.15) is 0 Å². The van der Waals surface area contributed by atoms with Gasteiger partial charge in [-0.1, -0.05) is 44.2 Å². The Morgan fingerprint density at radius 1 is 1.29 bits per heavy atom. The van der Waals surface area contributed by atoms with Gasteiger partial charge < -0.3 is 10.4 Å². The van der Waals surface area contributed by atoms with Gasteiger partial charge in [-0.15, -0.1) is 0 Å². The first kappa shape index (κ1) is 13.7. The molecule has 0 unspecified atom stereocenters. The Labute approximate surface area is 103 Å². The van der Waals surface area contributed by atoms with Gasteiger partial charge in [-0.25, -0.2) is 0 Å². The van der Waals surface area contributed by atoms with E-state index < -0.39 is 0 Å². The SMILES string of the molecule is CC(C)C[C@H](CO)C(=O)NCc1ccccc1. The summed E-state index contributed by atoms with van der Waals surface area (Å²) in [5, 5.41) is 12.0. The largest absolute Gasteiger partial charge is 0.396 e. The number of nitrogens with one attached hydrogen (secondary N) is 1. The molecule has 0 heterocycles. The summed E-state index contributed by atoms with van der Waals surface area (Å²) in [6.07, 6.45) is 0.719. The maximum Gasteiger partial charge on any atom is 0.225 e. The van der Waals surface area contributed by atoms with Crippen LogP contribution in [0.2, 0.25) is 0 Å². The number of carbonyl (C=O) groups is 1. The van der Waals surface area contributed by atoms with Crippen LogP contribution < -0.4 is 5.32 Å². The number of aliphatic hydroxyl groups is 1. The molecule has 0 aliphatic rings. The predicted octanol–water partition coefficient (Wildman–Crippen LogP) is 1.96. The first-order valence-corrected chi connectivity index (χ1v) is 6.06. The third-order valence-electron chi connectivity index (χ3n) is 2.66. The zero-order valence-electron chi connectivity index (χ0n) is 10.5. The minimum atomic E-state index is -0.293. The van der Waals surface area contributed by atoms with Crippen LogP contribution >= 0.6 is 0 Å². The van der Waals surface area contributed by atoms with E-state index in [0.717, 1.165) is 12.0 Å². The van der Waals surface area contributed by atoms with Crippen LogP contribution in [-0.2, 0) is 11.3 Å². The monoisotopic (exact) mass is 235 g/mol. The molecule has 0 saturated carbocycles. The Bertz CT molecular complexity index is 335. The highest BCUT2D eigenvalue weighted by molar-refractivity contribution is 5.78. The summed E-state index contributed by atoms with van der Waals surface area (Å²) in [6, 6.07) is 9.77. The zero-order chi connectivity index (χ0) is 12.7. The average Bonchev–Trinajstić information content (AvgIpc) is 2.34. The molecule has 1 aromatic carbocycles. The fraction of sp³-hybridized carbons (Fsp3) is 0.500. The smallest absolute Gasteiger partial charge is 0.225 e. The van der Waals surface area contributed by atoms with E-state index in [2.05, 4.69) is 5.32 Å². The molecule has 0 radical (unpaired) electrons. The number of hydrogen-bond acceptors (Lipinski definition) is 2. The number of hydrogen-bond donors (Lipinski definition) is 2. The van der Waals surface area contributed by atoms with Gasteiger partial charge in [-0.05, 0) is 17.9 Å². The van der Waals surface area contributed by atoms with E-state index in [4.69, 9.17) is 0 Å². The number of amides is 1. The van der Waals surface area contributed by atoms with E-state index >= 15 is 0 Å². The molecular weight excluding hydrogens is 214 g/mol. The van der Waals surface area contributed by atoms with Gasteiger partial charge in [0.25, 0.3) is 0 Å². The van der Waals surface area contributed by atoms with Crippen LogP contribution in [0.25, 0.3) is 0 Å². The Morgan fingerprint density at radius 2 is 1.94 bits per heavy atom. The van der Waals surface area contributed by atoms with Crippen LogP contribution in [0.5, 0.6) is 0 Å². The molecule has 1 aromatic rings. The molecule has 1 atom stereocenters. The van der Waals surface area contributed by atoms with E-state index in [9.17, 15) is 9.90 Å². The number of aliphatic hydroxyl groups excluding tert-OH is 1. The van der Waals surface area contributed by atoms with Crippen molar-refractivity contribution in [1.29, 1.82) is 0 Å². The highest BCUT2D eigenvalue weighted by atomic mass is 16.3. The van der Waals surface area contributed by atoms with Gasteiger partial charge in [0.15, 0.2) is 0 Å². The van der Waals surface area contributed by atoms with Crippen LogP contribution in [0, 0.1) is 11.8 Å². The van der Waals surface area contributed by atoms with E-state index in [1.54, 1.807) is 0 Å².